The van der Waals surface area contributed by atoms with Crippen molar-refractivity contribution in [1.82, 2.24) is 10.2 Å². The first kappa shape index (κ1) is 16.7. The predicted octanol–water partition coefficient (Wildman–Crippen LogP) is 0.958. The van der Waals surface area contributed by atoms with Gasteiger partial charge in [-0.3, -0.25) is 9.59 Å². The molecule has 0 atom stereocenters. The topological polar surface area (TPSA) is 75.7 Å². The van der Waals surface area contributed by atoms with Gasteiger partial charge in [0.2, 0.25) is 11.8 Å². The van der Waals surface area contributed by atoms with Gasteiger partial charge in [0.15, 0.2) is 0 Å². The van der Waals surface area contributed by atoms with Crippen LogP contribution >= 0.6 is 0 Å². The number of carbonyl (C=O) groups is 3. The lowest BCUT2D eigenvalue weighted by molar-refractivity contribution is -0.141. The zero-order chi connectivity index (χ0) is 15.8. The van der Waals surface area contributed by atoms with Crippen molar-refractivity contribution in [2.24, 2.45) is 0 Å². The number of ether oxygens (including phenoxy) is 1. The molecule has 1 aromatic rings. The summed E-state index contributed by atoms with van der Waals surface area (Å²) in [6, 6.07) is 6.75. The van der Waals surface area contributed by atoms with Gasteiger partial charge in [-0.1, -0.05) is 26.0 Å². The second-order valence-corrected chi connectivity index (χ2v) is 4.22. The highest BCUT2D eigenvalue weighted by atomic mass is 16.5. The SMILES string of the molecule is CC.COC(=O)c1ccc(CN2CC(=O)NCC2=O)cc1. The van der Waals surface area contributed by atoms with Gasteiger partial charge in [0, 0.05) is 6.54 Å². The van der Waals surface area contributed by atoms with E-state index in [1.54, 1.807) is 24.3 Å². The monoisotopic (exact) mass is 292 g/mol. The molecule has 0 aromatic heterocycles. The summed E-state index contributed by atoms with van der Waals surface area (Å²) in [5, 5.41) is 2.49. The predicted molar refractivity (Wildman–Crippen MR) is 77.6 cm³/mol. The third kappa shape index (κ3) is 4.59. The highest BCUT2D eigenvalue weighted by Crippen LogP contribution is 2.09. The molecule has 114 valence electrons. The smallest absolute Gasteiger partial charge is 0.337 e. The zero-order valence-corrected chi connectivity index (χ0v) is 12.5. The van der Waals surface area contributed by atoms with Gasteiger partial charge in [-0.25, -0.2) is 4.79 Å². The van der Waals surface area contributed by atoms with E-state index < -0.39 is 5.97 Å². The van der Waals surface area contributed by atoms with Crippen LogP contribution in [0.3, 0.4) is 0 Å². The Morgan fingerprint density at radius 1 is 1.24 bits per heavy atom. The Labute approximate surface area is 124 Å². The van der Waals surface area contributed by atoms with Gasteiger partial charge in [0.05, 0.1) is 25.8 Å². The number of carbonyl (C=O) groups excluding carboxylic acids is 3. The summed E-state index contributed by atoms with van der Waals surface area (Å²) in [6.07, 6.45) is 0. The molecule has 2 amide bonds. The van der Waals surface area contributed by atoms with Crippen LogP contribution < -0.4 is 5.32 Å². The third-order valence-electron chi connectivity index (χ3n) is 2.87. The minimum absolute atomic E-state index is 0.0408. The van der Waals surface area contributed by atoms with Crippen molar-refractivity contribution in [1.29, 1.82) is 0 Å². The number of piperazine rings is 1. The standard InChI is InChI=1S/C13H14N2O4.C2H6/c1-19-13(18)10-4-2-9(3-5-10)7-15-8-11(16)14-6-12(15)17;1-2/h2-5H,6-8H2,1H3,(H,14,16);1-2H3. The van der Waals surface area contributed by atoms with Crippen molar-refractivity contribution in [2.75, 3.05) is 20.2 Å². The molecule has 6 nitrogen and oxygen atoms in total. The summed E-state index contributed by atoms with van der Waals surface area (Å²) < 4.78 is 4.60. The number of benzene rings is 1. The quantitative estimate of drug-likeness (QED) is 0.842. The number of nitrogens with one attached hydrogen (secondary N) is 1. The minimum atomic E-state index is -0.403. The van der Waals surface area contributed by atoms with Crippen LogP contribution in [-0.2, 0) is 20.9 Å². The fraction of sp³-hybridized carbons (Fsp3) is 0.400. The molecule has 1 heterocycles. The third-order valence-corrected chi connectivity index (χ3v) is 2.87. The maximum absolute atomic E-state index is 11.6. The first-order chi connectivity index (χ1) is 10.1. The molecular formula is C15H20N2O4. The number of amides is 2. The Balaban J connectivity index is 0.00000106. The second kappa shape index (κ2) is 8.04. The van der Waals surface area contributed by atoms with Crippen molar-refractivity contribution in [2.45, 2.75) is 20.4 Å². The molecule has 0 unspecified atom stereocenters. The fourth-order valence-corrected chi connectivity index (χ4v) is 1.83. The van der Waals surface area contributed by atoms with Crippen LogP contribution in [0.5, 0.6) is 0 Å². The lowest BCUT2D eigenvalue weighted by Crippen LogP contribution is -2.50. The molecule has 0 bridgehead atoms. The molecule has 6 heteroatoms. The van der Waals surface area contributed by atoms with Crippen LogP contribution in [0.1, 0.15) is 29.8 Å². The van der Waals surface area contributed by atoms with Gasteiger partial charge in [0.1, 0.15) is 0 Å². The maximum atomic E-state index is 11.6. The molecular weight excluding hydrogens is 272 g/mol. The Morgan fingerprint density at radius 3 is 2.43 bits per heavy atom. The highest BCUT2D eigenvalue weighted by molar-refractivity contribution is 5.92. The van der Waals surface area contributed by atoms with Crippen LogP contribution in [0.15, 0.2) is 24.3 Å². The molecule has 2 rings (SSSR count). The molecule has 1 saturated heterocycles. The minimum Gasteiger partial charge on any atom is -0.465 e. The van der Waals surface area contributed by atoms with E-state index in [0.29, 0.717) is 12.1 Å². The number of esters is 1. The summed E-state index contributed by atoms with van der Waals surface area (Å²) in [5.41, 5.74) is 1.31. The number of methoxy groups -OCH3 is 1. The average Bonchev–Trinajstić information content (AvgIpc) is 2.53. The average molecular weight is 292 g/mol. The van der Waals surface area contributed by atoms with Gasteiger partial charge in [-0.05, 0) is 17.7 Å². The maximum Gasteiger partial charge on any atom is 0.337 e. The number of hydrogen-bond donors (Lipinski definition) is 1. The summed E-state index contributed by atoms with van der Waals surface area (Å²) in [5.74, 6) is -0.678. The van der Waals surface area contributed by atoms with Crippen molar-refractivity contribution >= 4 is 17.8 Å². The Bertz CT molecular complexity index is 511. The first-order valence-corrected chi connectivity index (χ1v) is 6.82. The Hall–Kier alpha value is -2.37. The van der Waals surface area contributed by atoms with E-state index in [1.807, 2.05) is 13.8 Å². The van der Waals surface area contributed by atoms with Crippen molar-refractivity contribution in [3.63, 3.8) is 0 Å². The van der Waals surface area contributed by atoms with E-state index in [1.165, 1.54) is 12.0 Å². The van der Waals surface area contributed by atoms with E-state index in [4.69, 9.17) is 0 Å². The summed E-state index contributed by atoms with van der Waals surface area (Å²) in [4.78, 5) is 35.6. The van der Waals surface area contributed by atoms with Crippen LogP contribution in [0, 0.1) is 0 Å². The van der Waals surface area contributed by atoms with Crippen LogP contribution in [0.4, 0.5) is 0 Å². The van der Waals surface area contributed by atoms with E-state index in [9.17, 15) is 14.4 Å². The number of hydrogen-bond acceptors (Lipinski definition) is 4. The van der Waals surface area contributed by atoms with Crippen molar-refractivity contribution < 1.29 is 19.1 Å². The molecule has 0 radical (unpaired) electrons. The second-order valence-electron chi connectivity index (χ2n) is 4.22. The molecule has 0 spiro atoms. The van der Waals surface area contributed by atoms with Crippen LogP contribution in [0.2, 0.25) is 0 Å². The van der Waals surface area contributed by atoms with Gasteiger partial charge < -0.3 is 15.0 Å². The molecule has 0 aliphatic carbocycles. The molecule has 1 aromatic carbocycles. The van der Waals surface area contributed by atoms with Gasteiger partial charge >= 0.3 is 5.97 Å². The molecule has 0 saturated carbocycles. The lowest BCUT2D eigenvalue weighted by Gasteiger charge is -2.26. The molecule has 1 fully saturated rings. The van der Waals surface area contributed by atoms with Gasteiger partial charge in [0.25, 0.3) is 0 Å². The highest BCUT2D eigenvalue weighted by Gasteiger charge is 2.22. The van der Waals surface area contributed by atoms with Crippen molar-refractivity contribution in [3.05, 3.63) is 35.4 Å². The molecule has 1 aliphatic rings. The van der Waals surface area contributed by atoms with Gasteiger partial charge in [-0.15, -0.1) is 0 Å². The van der Waals surface area contributed by atoms with Crippen LogP contribution in [-0.4, -0.2) is 42.9 Å². The fourth-order valence-electron chi connectivity index (χ4n) is 1.83. The first-order valence-electron chi connectivity index (χ1n) is 6.82. The summed E-state index contributed by atoms with van der Waals surface area (Å²) in [7, 11) is 1.32. The molecule has 21 heavy (non-hydrogen) atoms. The van der Waals surface area contributed by atoms with Gasteiger partial charge in [-0.2, -0.15) is 0 Å². The largest absolute Gasteiger partial charge is 0.465 e. The molecule has 1 N–H and O–H groups in total. The van der Waals surface area contributed by atoms with E-state index in [-0.39, 0.29) is 24.9 Å². The number of rotatable bonds is 3. The summed E-state index contributed by atoms with van der Waals surface area (Å²) >= 11 is 0. The van der Waals surface area contributed by atoms with E-state index >= 15 is 0 Å². The van der Waals surface area contributed by atoms with Crippen molar-refractivity contribution in [3.8, 4) is 0 Å². The Morgan fingerprint density at radius 2 is 1.86 bits per heavy atom. The molecule has 1 aliphatic heterocycles. The summed E-state index contributed by atoms with van der Waals surface area (Å²) in [6.45, 7) is 4.46. The zero-order valence-electron chi connectivity index (χ0n) is 12.5. The van der Waals surface area contributed by atoms with E-state index in [0.717, 1.165) is 5.56 Å². The lowest BCUT2D eigenvalue weighted by atomic mass is 10.1. The normalized spacial score (nSPS) is 14.0. The van der Waals surface area contributed by atoms with E-state index in [2.05, 4.69) is 10.1 Å². The van der Waals surface area contributed by atoms with Crippen LogP contribution in [0.25, 0.3) is 0 Å². The Kier molecular flexibility index (Phi) is 6.39. The number of nitrogens with zero attached hydrogens (tertiary/aromatic N) is 1.